The third-order valence-electron chi connectivity index (χ3n) is 2.72. The summed E-state index contributed by atoms with van der Waals surface area (Å²) in [7, 11) is 0. The lowest BCUT2D eigenvalue weighted by atomic mass is 9.92. The molecule has 0 bridgehead atoms. The molecule has 1 unspecified atom stereocenters. The van der Waals surface area contributed by atoms with Crippen molar-refractivity contribution in [3.05, 3.63) is 0 Å². The van der Waals surface area contributed by atoms with Gasteiger partial charge in [0.15, 0.2) is 0 Å². The predicted molar refractivity (Wildman–Crippen MR) is 61.8 cm³/mol. The first kappa shape index (κ1) is 15.6. The first-order valence-corrected chi connectivity index (χ1v) is 5.87. The summed E-state index contributed by atoms with van der Waals surface area (Å²) in [6.07, 6.45) is 3.35. The average Bonchev–Trinajstić information content (AvgIpc) is 2.20. The van der Waals surface area contributed by atoms with Crippen LogP contribution in [-0.2, 0) is 14.4 Å². The number of aliphatic carboxylic acids is 2. The van der Waals surface area contributed by atoms with Crippen LogP contribution < -0.4 is 0 Å². The van der Waals surface area contributed by atoms with Gasteiger partial charge < -0.3 is 10.2 Å². The van der Waals surface area contributed by atoms with E-state index >= 15 is 0 Å². The second-order valence-corrected chi connectivity index (χ2v) is 4.23. The van der Waals surface area contributed by atoms with E-state index in [2.05, 4.69) is 0 Å². The molecule has 0 heterocycles. The normalized spacial score (nSPS) is 12.1. The number of hydrogen-bond donors (Lipinski definition) is 2. The van der Waals surface area contributed by atoms with Gasteiger partial charge in [-0.3, -0.25) is 14.4 Å². The standard InChI is InChI=1S/C12H20O5/c1-9(13)10(7-8-12(16)17)5-3-2-4-6-11(14)15/h10H,2-8H2,1H3,(H,14,15)(H,16,17). The number of carboxylic acids is 2. The van der Waals surface area contributed by atoms with E-state index in [0.29, 0.717) is 19.3 Å². The maximum atomic E-state index is 11.2. The molecule has 0 aliphatic heterocycles. The molecule has 5 heteroatoms. The van der Waals surface area contributed by atoms with Gasteiger partial charge in [-0.05, 0) is 26.2 Å². The molecule has 0 fully saturated rings. The molecule has 0 saturated heterocycles. The van der Waals surface area contributed by atoms with Crippen LogP contribution in [0, 0.1) is 5.92 Å². The molecule has 0 aliphatic rings. The van der Waals surface area contributed by atoms with Gasteiger partial charge in [0.05, 0.1) is 0 Å². The fourth-order valence-corrected chi connectivity index (χ4v) is 1.69. The van der Waals surface area contributed by atoms with E-state index in [1.807, 2.05) is 0 Å². The fraction of sp³-hybridized carbons (Fsp3) is 0.750. The summed E-state index contributed by atoms with van der Waals surface area (Å²) in [6.45, 7) is 1.48. The molecule has 0 spiro atoms. The highest BCUT2D eigenvalue weighted by Crippen LogP contribution is 2.17. The number of Topliss-reactive ketones (excluding diaryl/α,β-unsaturated/α-hetero) is 1. The lowest BCUT2D eigenvalue weighted by Gasteiger charge is -2.11. The van der Waals surface area contributed by atoms with Gasteiger partial charge in [0.1, 0.15) is 5.78 Å². The summed E-state index contributed by atoms with van der Waals surface area (Å²) < 4.78 is 0. The van der Waals surface area contributed by atoms with Crippen molar-refractivity contribution >= 4 is 17.7 Å². The van der Waals surface area contributed by atoms with E-state index in [9.17, 15) is 14.4 Å². The molecule has 0 radical (unpaired) electrons. The Hall–Kier alpha value is -1.39. The van der Waals surface area contributed by atoms with Gasteiger partial charge in [-0.2, -0.15) is 0 Å². The third kappa shape index (κ3) is 9.53. The SMILES string of the molecule is CC(=O)C(CCCCCC(=O)O)CCC(=O)O. The highest BCUT2D eigenvalue weighted by atomic mass is 16.4. The second kappa shape index (κ2) is 8.73. The van der Waals surface area contributed by atoms with Gasteiger partial charge in [-0.1, -0.05) is 12.8 Å². The molecule has 98 valence electrons. The highest BCUT2D eigenvalue weighted by molar-refractivity contribution is 5.79. The van der Waals surface area contributed by atoms with Crippen molar-refractivity contribution < 1.29 is 24.6 Å². The van der Waals surface area contributed by atoms with E-state index in [1.165, 1.54) is 6.92 Å². The highest BCUT2D eigenvalue weighted by Gasteiger charge is 2.15. The number of rotatable bonds is 10. The Morgan fingerprint density at radius 3 is 1.94 bits per heavy atom. The number of unbranched alkanes of at least 4 members (excludes halogenated alkanes) is 2. The molecule has 0 saturated carbocycles. The minimum atomic E-state index is -0.887. The summed E-state index contributed by atoms with van der Waals surface area (Å²) in [4.78, 5) is 31.9. The van der Waals surface area contributed by atoms with Crippen molar-refractivity contribution in [1.29, 1.82) is 0 Å². The summed E-state index contributed by atoms with van der Waals surface area (Å²) in [5.41, 5.74) is 0. The summed E-state index contributed by atoms with van der Waals surface area (Å²) in [6, 6.07) is 0. The molecule has 5 nitrogen and oxygen atoms in total. The molecular formula is C12H20O5. The Morgan fingerprint density at radius 1 is 0.882 bits per heavy atom. The van der Waals surface area contributed by atoms with Crippen LogP contribution in [-0.4, -0.2) is 27.9 Å². The minimum Gasteiger partial charge on any atom is -0.481 e. The Bertz CT molecular complexity index is 272. The zero-order valence-corrected chi connectivity index (χ0v) is 10.1. The van der Waals surface area contributed by atoms with E-state index in [1.54, 1.807) is 0 Å². The summed E-state index contributed by atoms with van der Waals surface area (Å²) >= 11 is 0. The Balaban J connectivity index is 3.74. The van der Waals surface area contributed by atoms with E-state index in [0.717, 1.165) is 12.8 Å². The van der Waals surface area contributed by atoms with Crippen LogP contribution >= 0.6 is 0 Å². The first-order chi connectivity index (χ1) is 7.93. The Labute approximate surface area is 101 Å². The predicted octanol–water partition coefficient (Wildman–Crippen LogP) is 2.09. The zero-order valence-electron chi connectivity index (χ0n) is 10.1. The second-order valence-electron chi connectivity index (χ2n) is 4.23. The van der Waals surface area contributed by atoms with Crippen LogP contribution in [0.5, 0.6) is 0 Å². The molecule has 17 heavy (non-hydrogen) atoms. The van der Waals surface area contributed by atoms with Crippen LogP contribution in [0.4, 0.5) is 0 Å². The van der Waals surface area contributed by atoms with Crippen molar-refractivity contribution in [3.63, 3.8) is 0 Å². The van der Waals surface area contributed by atoms with Gasteiger partial charge in [0, 0.05) is 18.8 Å². The van der Waals surface area contributed by atoms with E-state index in [-0.39, 0.29) is 24.5 Å². The largest absolute Gasteiger partial charge is 0.481 e. The van der Waals surface area contributed by atoms with Gasteiger partial charge >= 0.3 is 11.9 Å². The molecule has 0 aromatic rings. The molecule has 0 rings (SSSR count). The maximum Gasteiger partial charge on any atom is 0.303 e. The third-order valence-corrected chi connectivity index (χ3v) is 2.72. The number of carboxylic acid groups (broad SMARTS) is 2. The molecule has 0 aromatic carbocycles. The topological polar surface area (TPSA) is 91.7 Å². The molecule has 1 atom stereocenters. The van der Waals surface area contributed by atoms with Gasteiger partial charge in [0.25, 0.3) is 0 Å². The Kier molecular flexibility index (Phi) is 8.01. The van der Waals surface area contributed by atoms with E-state index in [4.69, 9.17) is 10.2 Å². The number of ketones is 1. The van der Waals surface area contributed by atoms with Crippen molar-refractivity contribution in [3.8, 4) is 0 Å². The smallest absolute Gasteiger partial charge is 0.303 e. The van der Waals surface area contributed by atoms with Crippen LogP contribution in [0.2, 0.25) is 0 Å². The molecule has 0 aromatic heterocycles. The Morgan fingerprint density at radius 2 is 1.47 bits per heavy atom. The number of hydrogen-bond acceptors (Lipinski definition) is 3. The van der Waals surface area contributed by atoms with Crippen molar-refractivity contribution in [1.82, 2.24) is 0 Å². The van der Waals surface area contributed by atoms with Gasteiger partial charge in [0.2, 0.25) is 0 Å². The lowest BCUT2D eigenvalue weighted by Crippen LogP contribution is -2.13. The first-order valence-electron chi connectivity index (χ1n) is 5.87. The summed E-state index contributed by atoms with van der Waals surface area (Å²) in [5, 5.41) is 17.0. The minimum absolute atomic E-state index is 0.0133. The van der Waals surface area contributed by atoms with Crippen molar-refractivity contribution in [2.75, 3.05) is 0 Å². The zero-order chi connectivity index (χ0) is 13.3. The summed E-state index contributed by atoms with van der Waals surface area (Å²) in [5.74, 6) is -1.87. The van der Waals surface area contributed by atoms with Crippen molar-refractivity contribution in [2.45, 2.75) is 51.9 Å². The van der Waals surface area contributed by atoms with Gasteiger partial charge in [-0.15, -0.1) is 0 Å². The fourth-order valence-electron chi connectivity index (χ4n) is 1.69. The number of carbonyl (C=O) groups excluding carboxylic acids is 1. The lowest BCUT2D eigenvalue weighted by molar-refractivity contribution is -0.138. The van der Waals surface area contributed by atoms with Gasteiger partial charge in [-0.25, -0.2) is 0 Å². The molecule has 2 N–H and O–H groups in total. The number of carbonyl (C=O) groups is 3. The van der Waals surface area contributed by atoms with Crippen LogP contribution in [0.1, 0.15) is 51.9 Å². The molecule has 0 amide bonds. The van der Waals surface area contributed by atoms with Crippen molar-refractivity contribution in [2.24, 2.45) is 5.92 Å². The average molecular weight is 244 g/mol. The maximum absolute atomic E-state index is 11.2. The quantitative estimate of drug-likeness (QED) is 0.574. The van der Waals surface area contributed by atoms with E-state index < -0.39 is 11.9 Å². The van der Waals surface area contributed by atoms with Crippen LogP contribution in [0.15, 0.2) is 0 Å². The van der Waals surface area contributed by atoms with Crippen LogP contribution in [0.25, 0.3) is 0 Å². The van der Waals surface area contributed by atoms with Crippen LogP contribution in [0.3, 0.4) is 0 Å². The molecular weight excluding hydrogens is 224 g/mol. The monoisotopic (exact) mass is 244 g/mol. The molecule has 0 aliphatic carbocycles.